The van der Waals surface area contributed by atoms with E-state index in [1.807, 2.05) is 66.1 Å². The van der Waals surface area contributed by atoms with E-state index in [1.165, 1.54) is 11.3 Å². The van der Waals surface area contributed by atoms with E-state index >= 15 is 0 Å². The summed E-state index contributed by atoms with van der Waals surface area (Å²) in [6, 6.07) is 17.6. The standard InChI is InChI=1S/C20H18N2O2S.ClH/c1-13-18(24)16-10-6-5-9-15(16)17-19(13)25-20(22(17)11-12-23)21-14-7-3-2-4-8-14;/h2-10,23-24H,11-12H2,1H3;1H/b21-20+;. The van der Waals surface area contributed by atoms with Crippen LogP contribution in [0.25, 0.3) is 21.0 Å². The molecule has 3 aromatic carbocycles. The van der Waals surface area contributed by atoms with Crippen molar-refractivity contribution < 1.29 is 10.2 Å². The SMILES string of the molecule is Cc1c(O)c2ccccc2c2c1s/c(=N/c1ccccc1)n2CCO.Cl. The molecule has 0 aliphatic carbocycles. The van der Waals surface area contributed by atoms with Crippen molar-refractivity contribution in [1.82, 2.24) is 4.57 Å². The molecule has 0 radical (unpaired) electrons. The lowest BCUT2D eigenvalue weighted by Gasteiger charge is -2.10. The molecule has 0 amide bonds. The van der Waals surface area contributed by atoms with Gasteiger partial charge in [0.15, 0.2) is 4.80 Å². The fourth-order valence-corrected chi connectivity index (χ4v) is 4.34. The van der Waals surface area contributed by atoms with Crippen LogP contribution in [0.1, 0.15) is 5.56 Å². The lowest BCUT2D eigenvalue weighted by molar-refractivity contribution is 0.277. The number of fused-ring (bicyclic) bond motifs is 3. The Morgan fingerprint density at radius 2 is 1.65 bits per heavy atom. The van der Waals surface area contributed by atoms with E-state index < -0.39 is 0 Å². The molecule has 0 unspecified atom stereocenters. The summed E-state index contributed by atoms with van der Waals surface area (Å²) in [5, 5.41) is 22.0. The zero-order valence-corrected chi connectivity index (χ0v) is 15.8. The number of aryl methyl sites for hydroxylation is 1. The smallest absolute Gasteiger partial charge is 0.191 e. The molecule has 0 aliphatic rings. The second-order valence-electron chi connectivity index (χ2n) is 5.90. The third-order valence-electron chi connectivity index (χ3n) is 4.35. The van der Waals surface area contributed by atoms with Crippen LogP contribution in [-0.4, -0.2) is 21.4 Å². The van der Waals surface area contributed by atoms with Crippen LogP contribution in [0.3, 0.4) is 0 Å². The van der Waals surface area contributed by atoms with Crippen LogP contribution in [-0.2, 0) is 6.54 Å². The number of para-hydroxylation sites is 1. The quantitative estimate of drug-likeness (QED) is 0.544. The third-order valence-corrected chi connectivity index (χ3v) is 5.54. The van der Waals surface area contributed by atoms with Crippen LogP contribution in [0.2, 0.25) is 0 Å². The first-order chi connectivity index (χ1) is 12.2. The number of hydrogen-bond acceptors (Lipinski definition) is 4. The summed E-state index contributed by atoms with van der Waals surface area (Å²) >= 11 is 1.54. The predicted octanol–water partition coefficient (Wildman–Crippen LogP) is 4.52. The molecule has 0 saturated heterocycles. The lowest BCUT2D eigenvalue weighted by atomic mass is 10.0. The highest BCUT2D eigenvalue weighted by atomic mass is 35.5. The van der Waals surface area contributed by atoms with E-state index in [1.54, 1.807) is 0 Å². The highest BCUT2D eigenvalue weighted by molar-refractivity contribution is 7.16. The molecular formula is C20H19ClN2O2S. The Labute approximate surface area is 161 Å². The number of benzene rings is 3. The maximum Gasteiger partial charge on any atom is 0.191 e. The fraction of sp³-hybridized carbons (Fsp3) is 0.150. The van der Waals surface area contributed by atoms with Gasteiger partial charge in [-0.1, -0.05) is 53.8 Å². The highest BCUT2D eigenvalue weighted by Gasteiger charge is 2.16. The summed E-state index contributed by atoms with van der Waals surface area (Å²) in [4.78, 5) is 5.58. The molecule has 2 N–H and O–H groups in total. The summed E-state index contributed by atoms with van der Waals surface area (Å²) in [5.41, 5.74) is 2.73. The van der Waals surface area contributed by atoms with Gasteiger partial charge < -0.3 is 14.8 Å². The van der Waals surface area contributed by atoms with Gasteiger partial charge in [0.1, 0.15) is 5.75 Å². The summed E-state index contributed by atoms with van der Waals surface area (Å²) in [6.07, 6.45) is 0. The number of hydrogen-bond donors (Lipinski definition) is 2. The highest BCUT2D eigenvalue weighted by Crippen LogP contribution is 2.38. The van der Waals surface area contributed by atoms with Crippen molar-refractivity contribution >= 4 is 50.4 Å². The van der Waals surface area contributed by atoms with Gasteiger partial charge in [-0.05, 0) is 19.1 Å². The number of rotatable bonds is 3. The molecule has 6 heteroatoms. The second-order valence-corrected chi connectivity index (χ2v) is 6.88. The normalized spacial score (nSPS) is 11.8. The average molecular weight is 387 g/mol. The third kappa shape index (κ3) is 2.98. The number of thiazole rings is 1. The van der Waals surface area contributed by atoms with Gasteiger partial charge in [-0.15, -0.1) is 12.4 Å². The van der Waals surface area contributed by atoms with Gasteiger partial charge in [0.25, 0.3) is 0 Å². The molecule has 4 rings (SSSR count). The number of aliphatic hydroxyl groups is 1. The first-order valence-electron chi connectivity index (χ1n) is 8.15. The van der Waals surface area contributed by atoms with E-state index in [0.717, 1.165) is 37.0 Å². The Morgan fingerprint density at radius 3 is 2.35 bits per heavy atom. The maximum absolute atomic E-state index is 10.6. The number of halogens is 1. The van der Waals surface area contributed by atoms with E-state index in [0.29, 0.717) is 12.3 Å². The molecule has 1 heterocycles. The largest absolute Gasteiger partial charge is 0.507 e. The Hall–Kier alpha value is -2.34. The van der Waals surface area contributed by atoms with Crippen LogP contribution in [0, 0.1) is 6.92 Å². The molecule has 4 aromatic rings. The van der Waals surface area contributed by atoms with E-state index in [-0.39, 0.29) is 19.0 Å². The summed E-state index contributed by atoms with van der Waals surface area (Å²) in [7, 11) is 0. The van der Waals surface area contributed by atoms with Crippen molar-refractivity contribution in [2.75, 3.05) is 6.61 Å². The van der Waals surface area contributed by atoms with E-state index in [2.05, 4.69) is 0 Å². The van der Waals surface area contributed by atoms with Gasteiger partial charge in [0, 0.05) is 22.9 Å². The number of nitrogens with zero attached hydrogens (tertiary/aromatic N) is 2. The maximum atomic E-state index is 10.6. The average Bonchev–Trinajstić information content (AvgIpc) is 2.99. The second kappa shape index (κ2) is 7.50. The minimum atomic E-state index is 0. The van der Waals surface area contributed by atoms with Crippen molar-refractivity contribution in [2.45, 2.75) is 13.5 Å². The molecule has 0 fully saturated rings. The van der Waals surface area contributed by atoms with Gasteiger partial charge in [-0.25, -0.2) is 4.99 Å². The number of aliphatic hydroxyl groups excluding tert-OH is 1. The Balaban J connectivity index is 0.00000196. The van der Waals surface area contributed by atoms with Crippen LogP contribution in [0.5, 0.6) is 5.75 Å². The van der Waals surface area contributed by atoms with Crippen LogP contribution in [0.4, 0.5) is 5.69 Å². The number of aromatic nitrogens is 1. The Kier molecular flexibility index (Phi) is 5.32. The van der Waals surface area contributed by atoms with Crippen LogP contribution < -0.4 is 4.80 Å². The lowest BCUT2D eigenvalue weighted by Crippen LogP contribution is -2.16. The van der Waals surface area contributed by atoms with Crippen LogP contribution >= 0.6 is 23.7 Å². The van der Waals surface area contributed by atoms with Gasteiger partial charge in [-0.3, -0.25) is 0 Å². The molecule has 26 heavy (non-hydrogen) atoms. The zero-order valence-electron chi connectivity index (χ0n) is 14.2. The van der Waals surface area contributed by atoms with Crippen molar-refractivity contribution in [3.63, 3.8) is 0 Å². The topological polar surface area (TPSA) is 57.8 Å². The molecule has 0 bridgehead atoms. The molecule has 0 atom stereocenters. The van der Waals surface area contributed by atoms with Gasteiger partial charge in [0.2, 0.25) is 0 Å². The first-order valence-corrected chi connectivity index (χ1v) is 8.96. The first kappa shape index (κ1) is 18.5. The molecule has 0 saturated carbocycles. The van der Waals surface area contributed by atoms with E-state index in [9.17, 15) is 10.2 Å². The van der Waals surface area contributed by atoms with Gasteiger partial charge >= 0.3 is 0 Å². The molecule has 0 aliphatic heterocycles. The van der Waals surface area contributed by atoms with Gasteiger partial charge in [-0.2, -0.15) is 0 Å². The van der Waals surface area contributed by atoms with Gasteiger partial charge in [0.05, 0.1) is 22.5 Å². The Morgan fingerprint density at radius 1 is 1.00 bits per heavy atom. The minimum Gasteiger partial charge on any atom is -0.507 e. The molecule has 134 valence electrons. The summed E-state index contributed by atoms with van der Waals surface area (Å²) in [5.74, 6) is 0.312. The number of phenols is 1. The Bertz CT molecular complexity index is 1130. The van der Waals surface area contributed by atoms with Crippen molar-refractivity contribution in [2.24, 2.45) is 4.99 Å². The fourth-order valence-electron chi connectivity index (χ4n) is 3.14. The van der Waals surface area contributed by atoms with Crippen molar-refractivity contribution in [3.05, 3.63) is 65.0 Å². The van der Waals surface area contributed by atoms with Crippen molar-refractivity contribution in [1.29, 1.82) is 0 Å². The molecule has 4 nitrogen and oxygen atoms in total. The van der Waals surface area contributed by atoms with E-state index in [4.69, 9.17) is 4.99 Å². The predicted molar refractivity (Wildman–Crippen MR) is 110 cm³/mol. The summed E-state index contributed by atoms with van der Waals surface area (Å²) in [6.45, 7) is 2.41. The minimum absolute atomic E-state index is 0. The van der Waals surface area contributed by atoms with Crippen LogP contribution in [0.15, 0.2) is 59.6 Å². The van der Waals surface area contributed by atoms with Crippen molar-refractivity contribution in [3.8, 4) is 5.75 Å². The summed E-state index contributed by atoms with van der Waals surface area (Å²) < 4.78 is 3.04. The molecule has 0 spiro atoms. The monoisotopic (exact) mass is 386 g/mol. The number of phenolic OH excluding ortho intramolecular Hbond substituents is 1. The molecular weight excluding hydrogens is 368 g/mol. The number of aromatic hydroxyl groups is 1. The zero-order chi connectivity index (χ0) is 17.4. The molecule has 1 aromatic heterocycles.